The van der Waals surface area contributed by atoms with Gasteiger partial charge in [-0.25, -0.2) is 0 Å². The Morgan fingerprint density at radius 3 is 1.35 bits per heavy atom. The van der Waals surface area contributed by atoms with Gasteiger partial charge in [0.2, 0.25) is 0 Å². The Labute approximate surface area is 197 Å². The molecular weight excluding hydrogens is 380 g/mol. The first-order valence-electron chi connectivity index (χ1n) is 14.4. The van der Waals surface area contributed by atoms with Crippen molar-refractivity contribution in [3.05, 3.63) is 0 Å². The molecule has 0 saturated heterocycles. The second-order valence-electron chi connectivity index (χ2n) is 10.3. The lowest BCUT2D eigenvalue weighted by Gasteiger charge is -2.17. The highest BCUT2D eigenvalue weighted by atomic mass is 16.7. The Hall–Kier alpha value is -0.0800. The molecule has 2 heteroatoms. The molecule has 0 aromatic carbocycles. The topological polar surface area (TPSA) is 18.5 Å². The third-order valence-electron chi connectivity index (χ3n) is 6.65. The van der Waals surface area contributed by atoms with Gasteiger partial charge < -0.3 is 9.47 Å². The van der Waals surface area contributed by atoms with Gasteiger partial charge in [0.15, 0.2) is 0 Å². The lowest BCUT2D eigenvalue weighted by Crippen LogP contribution is -2.07. The summed E-state index contributed by atoms with van der Waals surface area (Å²) in [7, 11) is 0. The van der Waals surface area contributed by atoms with E-state index in [0.717, 1.165) is 25.0 Å². The number of hydrogen-bond acceptors (Lipinski definition) is 2. The molecule has 0 saturated carbocycles. The van der Waals surface area contributed by atoms with E-state index in [9.17, 15) is 0 Å². The van der Waals surface area contributed by atoms with Crippen LogP contribution in [0.5, 0.6) is 0 Å². The van der Waals surface area contributed by atoms with Crippen molar-refractivity contribution in [2.45, 2.75) is 156 Å². The molecule has 2 nitrogen and oxygen atoms in total. The SMILES string of the molecule is CCCCCCCCCCCCC(C)CC(C)CCCOCOCCCCCCCC. The smallest absolute Gasteiger partial charge is 0.146 e. The van der Waals surface area contributed by atoms with E-state index in [1.165, 1.54) is 128 Å². The van der Waals surface area contributed by atoms with E-state index in [-0.39, 0.29) is 0 Å². The van der Waals surface area contributed by atoms with E-state index in [1.807, 2.05) is 0 Å². The van der Waals surface area contributed by atoms with Crippen LogP contribution in [0.3, 0.4) is 0 Å². The Bertz CT molecular complexity index is 318. The molecule has 0 rings (SSSR count). The second-order valence-corrected chi connectivity index (χ2v) is 10.3. The number of unbranched alkanes of at least 4 members (excludes halogenated alkanes) is 14. The summed E-state index contributed by atoms with van der Waals surface area (Å²) in [5.41, 5.74) is 0. The Kier molecular flexibility index (Phi) is 26.1. The molecule has 0 bridgehead atoms. The fourth-order valence-corrected chi connectivity index (χ4v) is 4.60. The minimum absolute atomic E-state index is 0.485. The lowest BCUT2D eigenvalue weighted by molar-refractivity contribution is -0.0561. The van der Waals surface area contributed by atoms with Gasteiger partial charge in [0.25, 0.3) is 0 Å². The molecule has 2 unspecified atom stereocenters. The van der Waals surface area contributed by atoms with Gasteiger partial charge in [-0.15, -0.1) is 0 Å². The summed E-state index contributed by atoms with van der Waals surface area (Å²) in [6.07, 6.45) is 27.6. The van der Waals surface area contributed by atoms with Crippen molar-refractivity contribution in [3.8, 4) is 0 Å². The van der Waals surface area contributed by atoms with Crippen molar-refractivity contribution in [2.75, 3.05) is 20.0 Å². The molecule has 0 aliphatic heterocycles. The normalized spacial score (nSPS) is 13.5. The molecular formula is C29H60O2. The fourth-order valence-electron chi connectivity index (χ4n) is 4.60. The number of rotatable bonds is 26. The second kappa shape index (κ2) is 26.2. The Morgan fingerprint density at radius 2 is 0.839 bits per heavy atom. The average molecular weight is 441 g/mol. The maximum atomic E-state index is 5.65. The first kappa shape index (κ1) is 30.9. The molecule has 2 atom stereocenters. The quantitative estimate of drug-likeness (QED) is 0.0983. The molecule has 0 aliphatic rings. The van der Waals surface area contributed by atoms with Crippen LogP contribution in [-0.2, 0) is 9.47 Å². The number of hydrogen-bond donors (Lipinski definition) is 0. The van der Waals surface area contributed by atoms with Crippen molar-refractivity contribution in [2.24, 2.45) is 11.8 Å². The van der Waals surface area contributed by atoms with Gasteiger partial charge in [-0.1, -0.05) is 130 Å². The molecule has 0 heterocycles. The standard InChI is InChI=1S/C29H60O2/c1-5-7-9-11-13-14-15-16-17-19-22-28(3)26-29(4)23-21-25-31-27-30-24-20-18-12-10-8-6-2/h28-29H,5-27H2,1-4H3. The van der Waals surface area contributed by atoms with Gasteiger partial charge in [0, 0.05) is 13.2 Å². The van der Waals surface area contributed by atoms with Crippen LogP contribution in [0.2, 0.25) is 0 Å². The third kappa shape index (κ3) is 26.1. The van der Waals surface area contributed by atoms with E-state index in [1.54, 1.807) is 0 Å². The molecule has 0 aliphatic carbocycles. The van der Waals surface area contributed by atoms with Gasteiger partial charge in [-0.3, -0.25) is 0 Å². The summed E-state index contributed by atoms with van der Waals surface area (Å²) in [6, 6.07) is 0. The van der Waals surface area contributed by atoms with Crippen molar-refractivity contribution in [1.29, 1.82) is 0 Å². The first-order chi connectivity index (χ1) is 15.2. The zero-order valence-electron chi connectivity index (χ0n) is 22.2. The largest absolute Gasteiger partial charge is 0.355 e. The van der Waals surface area contributed by atoms with Crippen LogP contribution in [0.1, 0.15) is 156 Å². The Morgan fingerprint density at radius 1 is 0.452 bits per heavy atom. The molecule has 0 spiro atoms. The first-order valence-corrected chi connectivity index (χ1v) is 14.4. The van der Waals surface area contributed by atoms with E-state index in [0.29, 0.717) is 6.79 Å². The lowest BCUT2D eigenvalue weighted by atomic mass is 9.90. The van der Waals surface area contributed by atoms with E-state index in [2.05, 4.69) is 27.7 Å². The predicted octanol–water partition coefficient (Wildman–Crippen LogP) is 10.1. The van der Waals surface area contributed by atoms with Crippen LogP contribution in [-0.4, -0.2) is 20.0 Å². The molecule has 0 amide bonds. The van der Waals surface area contributed by atoms with Crippen LogP contribution >= 0.6 is 0 Å². The molecule has 0 N–H and O–H groups in total. The average Bonchev–Trinajstić information content (AvgIpc) is 2.75. The summed E-state index contributed by atoms with van der Waals surface area (Å²) in [6.45, 7) is 11.6. The molecule has 188 valence electrons. The summed E-state index contributed by atoms with van der Waals surface area (Å²) in [4.78, 5) is 0. The highest BCUT2D eigenvalue weighted by Crippen LogP contribution is 2.22. The third-order valence-corrected chi connectivity index (χ3v) is 6.65. The summed E-state index contributed by atoms with van der Waals surface area (Å²) < 4.78 is 11.2. The van der Waals surface area contributed by atoms with Crippen molar-refractivity contribution >= 4 is 0 Å². The molecule has 0 aromatic rings. The Balaban J connectivity index is 3.28. The highest BCUT2D eigenvalue weighted by molar-refractivity contribution is 4.61. The summed E-state index contributed by atoms with van der Waals surface area (Å²) >= 11 is 0. The van der Waals surface area contributed by atoms with E-state index < -0.39 is 0 Å². The van der Waals surface area contributed by atoms with Crippen LogP contribution in [0, 0.1) is 11.8 Å². The molecule has 0 fully saturated rings. The van der Waals surface area contributed by atoms with Gasteiger partial charge in [-0.05, 0) is 37.5 Å². The number of ether oxygens (including phenoxy) is 2. The predicted molar refractivity (Wildman–Crippen MR) is 139 cm³/mol. The highest BCUT2D eigenvalue weighted by Gasteiger charge is 2.08. The maximum absolute atomic E-state index is 5.65. The maximum Gasteiger partial charge on any atom is 0.146 e. The molecule has 31 heavy (non-hydrogen) atoms. The van der Waals surface area contributed by atoms with Crippen molar-refractivity contribution in [3.63, 3.8) is 0 Å². The van der Waals surface area contributed by atoms with E-state index >= 15 is 0 Å². The van der Waals surface area contributed by atoms with Gasteiger partial charge in [0.1, 0.15) is 6.79 Å². The monoisotopic (exact) mass is 440 g/mol. The van der Waals surface area contributed by atoms with Gasteiger partial charge in [-0.2, -0.15) is 0 Å². The van der Waals surface area contributed by atoms with Gasteiger partial charge in [0.05, 0.1) is 0 Å². The zero-order chi connectivity index (χ0) is 22.8. The van der Waals surface area contributed by atoms with E-state index in [4.69, 9.17) is 9.47 Å². The fraction of sp³-hybridized carbons (Fsp3) is 1.00. The minimum Gasteiger partial charge on any atom is -0.355 e. The van der Waals surface area contributed by atoms with Crippen LogP contribution in [0.4, 0.5) is 0 Å². The van der Waals surface area contributed by atoms with Gasteiger partial charge >= 0.3 is 0 Å². The molecule has 0 aromatic heterocycles. The van der Waals surface area contributed by atoms with Crippen molar-refractivity contribution < 1.29 is 9.47 Å². The van der Waals surface area contributed by atoms with Crippen LogP contribution in [0.15, 0.2) is 0 Å². The summed E-state index contributed by atoms with van der Waals surface area (Å²) in [5, 5.41) is 0. The summed E-state index contributed by atoms with van der Waals surface area (Å²) in [5.74, 6) is 1.70. The van der Waals surface area contributed by atoms with Crippen molar-refractivity contribution in [1.82, 2.24) is 0 Å². The van der Waals surface area contributed by atoms with Crippen LogP contribution in [0.25, 0.3) is 0 Å². The minimum atomic E-state index is 0.485. The zero-order valence-corrected chi connectivity index (χ0v) is 22.2. The van der Waals surface area contributed by atoms with Crippen LogP contribution < -0.4 is 0 Å². The molecule has 0 radical (unpaired) electrons.